The number of carbonyl (C=O) groups excluding carboxylic acids is 1. The number of fused-ring (bicyclic) bond motifs is 1. The van der Waals surface area contributed by atoms with Gasteiger partial charge in [-0.15, -0.1) is 0 Å². The van der Waals surface area contributed by atoms with E-state index in [0.29, 0.717) is 0 Å². The van der Waals surface area contributed by atoms with Gasteiger partial charge in [0.05, 0.1) is 11.2 Å². The van der Waals surface area contributed by atoms with Gasteiger partial charge in [-0.25, -0.2) is 14.3 Å². The molecular weight excluding hydrogens is 424 g/mol. The summed E-state index contributed by atoms with van der Waals surface area (Å²) in [6, 6.07) is 20.6. The second kappa shape index (κ2) is 8.28. The highest BCUT2D eigenvalue weighted by atomic mass is 16.6. The maximum atomic E-state index is 12.5. The number of nitrogens with one attached hydrogen (secondary N) is 1. The van der Waals surface area contributed by atoms with E-state index in [0.717, 1.165) is 53.0 Å². The van der Waals surface area contributed by atoms with E-state index in [2.05, 4.69) is 53.7 Å². The average molecular weight is 455 g/mol. The van der Waals surface area contributed by atoms with E-state index in [1.807, 2.05) is 49.6 Å². The van der Waals surface area contributed by atoms with Crippen LogP contribution in [0.4, 0.5) is 4.79 Å². The number of hydrogen-bond acceptors (Lipinski definition) is 4. The van der Waals surface area contributed by atoms with Crippen molar-refractivity contribution in [2.24, 2.45) is 0 Å². The van der Waals surface area contributed by atoms with Gasteiger partial charge >= 0.3 is 6.09 Å². The van der Waals surface area contributed by atoms with Crippen molar-refractivity contribution in [1.82, 2.24) is 19.9 Å². The Morgan fingerprint density at radius 3 is 2.41 bits per heavy atom. The molecule has 5 rings (SSSR count). The predicted molar refractivity (Wildman–Crippen MR) is 133 cm³/mol. The second-order valence-electron chi connectivity index (χ2n) is 10.1. The van der Waals surface area contributed by atoms with Crippen LogP contribution in [0.5, 0.6) is 0 Å². The lowest BCUT2D eigenvalue weighted by molar-refractivity contribution is 0.0377. The highest BCUT2D eigenvalue weighted by molar-refractivity contribution is 5.83. The Morgan fingerprint density at radius 1 is 1.03 bits per heavy atom. The lowest BCUT2D eigenvalue weighted by Gasteiger charge is -2.43. The van der Waals surface area contributed by atoms with Crippen LogP contribution < -0.4 is 5.32 Å². The fourth-order valence-corrected chi connectivity index (χ4v) is 4.63. The highest BCUT2D eigenvalue weighted by Crippen LogP contribution is 2.42. The molecule has 2 aromatic carbocycles. The number of carbonyl (C=O) groups is 1. The summed E-state index contributed by atoms with van der Waals surface area (Å²) in [5.41, 5.74) is 6.16. The van der Waals surface area contributed by atoms with Crippen molar-refractivity contribution in [2.75, 3.05) is 0 Å². The zero-order valence-corrected chi connectivity index (χ0v) is 20.1. The van der Waals surface area contributed by atoms with Gasteiger partial charge in [0.15, 0.2) is 5.65 Å². The minimum Gasteiger partial charge on any atom is -0.444 e. The zero-order valence-electron chi connectivity index (χ0n) is 20.1. The summed E-state index contributed by atoms with van der Waals surface area (Å²) in [4.78, 5) is 17.4. The average Bonchev–Trinajstić information content (AvgIpc) is 3.15. The van der Waals surface area contributed by atoms with Crippen LogP contribution in [0.1, 0.15) is 51.2 Å². The van der Waals surface area contributed by atoms with Gasteiger partial charge in [0.1, 0.15) is 11.3 Å². The second-order valence-corrected chi connectivity index (χ2v) is 10.1. The van der Waals surface area contributed by atoms with Crippen LogP contribution in [0.3, 0.4) is 0 Å². The lowest BCUT2D eigenvalue weighted by atomic mass is 9.71. The first kappa shape index (κ1) is 22.1. The number of nitrogens with zero attached hydrogens (tertiary/aromatic N) is 3. The van der Waals surface area contributed by atoms with Crippen LogP contribution in [0.25, 0.3) is 28.2 Å². The van der Waals surface area contributed by atoms with E-state index in [1.54, 1.807) is 6.20 Å². The van der Waals surface area contributed by atoms with Crippen LogP contribution in [0.15, 0.2) is 66.9 Å². The number of aromatic nitrogens is 3. The molecule has 1 N–H and O–H groups in total. The molecule has 34 heavy (non-hydrogen) atoms. The molecule has 0 aliphatic heterocycles. The van der Waals surface area contributed by atoms with E-state index >= 15 is 0 Å². The molecule has 1 amide bonds. The largest absolute Gasteiger partial charge is 0.444 e. The minimum absolute atomic E-state index is 0.371. The first-order valence-electron chi connectivity index (χ1n) is 11.8. The molecule has 0 bridgehead atoms. The Balaban J connectivity index is 1.52. The van der Waals surface area contributed by atoms with Gasteiger partial charge in [-0.1, -0.05) is 48.5 Å². The molecule has 0 unspecified atom stereocenters. The fraction of sp³-hybridized carbons (Fsp3) is 0.321. The van der Waals surface area contributed by atoms with E-state index in [1.165, 1.54) is 5.56 Å². The molecule has 0 atom stereocenters. The van der Waals surface area contributed by atoms with Crippen molar-refractivity contribution in [2.45, 2.75) is 58.1 Å². The number of rotatable bonds is 4. The molecule has 2 aromatic heterocycles. The molecule has 1 fully saturated rings. The first-order chi connectivity index (χ1) is 16.3. The maximum Gasteiger partial charge on any atom is 0.408 e. The summed E-state index contributed by atoms with van der Waals surface area (Å²) >= 11 is 0. The normalized spacial score (nSPS) is 15.1. The molecule has 6 heteroatoms. The number of amides is 1. The third-order valence-corrected chi connectivity index (χ3v) is 6.45. The maximum absolute atomic E-state index is 12.5. The quantitative estimate of drug-likeness (QED) is 0.394. The van der Waals surface area contributed by atoms with Crippen molar-refractivity contribution in [3.63, 3.8) is 0 Å². The highest BCUT2D eigenvalue weighted by Gasteiger charge is 2.41. The summed E-state index contributed by atoms with van der Waals surface area (Å²) in [7, 11) is 0. The van der Waals surface area contributed by atoms with Crippen molar-refractivity contribution >= 4 is 11.7 Å². The van der Waals surface area contributed by atoms with Crippen LogP contribution in [0, 0.1) is 6.92 Å². The van der Waals surface area contributed by atoms with Crippen molar-refractivity contribution in [3.8, 4) is 22.5 Å². The smallest absolute Gasteiger partial charge is 0.408 e. The first-order valence-corrected chi connectivity index (χ1v) is 11.8. The third-order valence-electron chi connectivity index (χ3n) is 6.45. The van der Waals surface area contributed by atoms with Crippen molar-refractivity contribution in [1.29, 1.82) is 0 Å². The van der Waals surface area contributed by atoms with Gasteiger partial charge in [-0.3, -0.25) is 0 Å². The molecular formula is C28H30N4O2. The number of aryl methyl sites for hydroxylation is 1. The summed E-state index contributed by atoms with van der Waals surface area (Å²) in [6.45, 7) is 7.74. The third kappa shape index (κ3) is 4.04. The van der Waals surface area contributed by atoms with Gasteiger partial charge < -0.3 is 10.1 Å². The van der Waals surface area contributed by atoms with Crippen LogP contribution >= 0.6 is 0 Å². The van der Waals surface area contributed by atoms with E-state index in [-0.39, 0.29) is 11.6 Å². The summed E-state index contributed by atoms with van der Waals surface area (Å²) in [5, 5.41) is 7.72. The van der Waals surface area contributed by atoms with Crippen LogP contribution in [-0.2, 0) is 10.3 Å². The number of ether oxygens (including phenoxy) is 1. The Morgan fingerprint density at radius 2 is 1.76 bits per heavy atom. The Hall–Kier alpha value is -3.67. The molecule has 4 aromatic rings. The Labute approximate surface area is 200 Å². The standard InChI is InChI=1S/C28H30N4O2/c1-19-9-5-6-10-22(19)25-24(30-23-11-7-18-29-32(23)25)20-12-14-21(15-13-20)28(16-8-17-28)31-26(33)34-27(2,3)4/h5-7,9-15,18H,8,16-17H2,1-4H3,(H,31,33). The summed E-state index contributed by atoms with van der Waals surface area (Å²) in [6.07, 6.45) is 4.29. The summed E-state index contributed by atoms with van der Waals surface area (Å²) in [5.74, 6) is 0. The molecule has 174 valence electrons. The van der Waals surface area contributed by atoms with E-state index in [4.69, 9.17) is 9.72 Å². The molecule has 6 nitrogen and oxygen atoms in total. The monoisotopic (exact) mass is 454 g/mol. The van der Waals surface area contributed by atoms with E-state index < -0.39 is 5.60 Å². The SMILES string of the molecule is Cc1ccccc1-c1c(-c2ccc(C3(NC(=O)OC(C)(C)C)CCC3)cc2)nc2cccnn12. The molecule has 1 aliphatic rings. The number of hydrogen-bond donors (Lipinski definition) is 1. The van der Waals surface area contributed by atoms with Crippen LogP contribution in [-0.4, -0.2) is 26.3 Å². The summed E-state index contributed by atoms with van der Waals surface area (Å²) < 4.78 is 7.43. The number of alkyl carbamates (subject to hydrolysis) is 1. The van der Waals surface area contributed by atoms with Gasteiger partial charge in [0.2, 0.25) is 0 Å². The molecule has 0 spiro atoms. The van der Waals surface area contributed by atoms with Gasteiger partial charge in [-0.2, -0.15) is 5.10 Å². The molecule has 0 radical (unpaired) electrons. The Kier molecular flexibility index (Phi) is 5.39. The minimum atomic E-state index is -0.526. The number of imidazole rings is 1. The number of benzene rings is 2. The molecule has 1 saturated carbocycles. The topological polar surface area (TPSA) is 68.5 Å². The molecule has 2 heterocycles. The van der Waals surface area contributed by atoms with Gasteiger partial charge in [-0.05, 0) is 70.2 Å². The van der Waals surface area contributed by atoms with Crippen molar-refractivity contribution < 1.29 is 9.53 Å². The zero-order chi connectivity index (χ0) is 23.9. The van der Waals surface area contributed by atoms with Gasteiger partial charge in [0, 0.05) is 17.3 Å². The van der Waals surface area contributed by atoms with Crippen molar-refractivity contribution in [3.05, 3.63) is 78.0 Å². The van der Waals surface area contributed by atoms with Gasteiger partial charge in [0.25, 0.3) is 0 Å². The Bertz CT molecular complexity index is 1350. The predicted octanol–water partition coefficient (Wildman–Crippen LogP) is 6.28. The molecule has 0 saturated heterocycles. The molecule has 1 aliphatic carbocycles. The van der Waals surface area contributed by atoms with E-state index in [9.17, 15) is 4.79 Å². The van der Waals surface area contributed by atoms with Crippen LogP contribution in [0.2, 0.25) is 0 Å². The lowest BCUT2D eigenvalue weighted by Crippen LogP contribution is -2.52. The fourth-order valence-electron chi connectivity index (χ4n) is 4.63.